The number of fused-ring (bicyclic) bond motifs is 1. The van der Waals surface area contributed by atoms with E-state index in [-0.39, 0.29) is 5.70 Å². The Kier molecular flexibility index (Phi) is 5.40. The second-order valence-electron chi connectivity index (χ2n) is 5.64. The lowest BCUT2D eigenvalue weighted by atomic mass is 9.81. The van der Waals surface area contributed by atoms with E-state index in [4.69, 9.17) is 5.11 Å². The lowest BCUT2D eigenvalue weighted by Gasteiger charge is -2.38. The van der Waals surface area contributed by atoms with Gasteiger partial charge in [0.1, 0.15) is 17.9 Å². The molecule has 11 heteroatoms. The maximum atomic E-state index is 12.5. The summed E-state index contributed by atoms with van der Waals surface area (Å²) in [5, 5.41) is 21.2. The molecule has 0 aromatic heterocycles. The van der Waals surface area contributed by atoms with Crippen LogP contribution in [0.2, 0.25) is 0 Å². The first-order chi connectivity index (χ1) is 12.0. The fraction of sp³-hybridized carbons (Fsp3) is 0.400. The van der Waals surface area contributed by atoms with Gasteiger partial charge in [0.2, 0.25) is 0 Å². The van der Waals surface area contributed by atoms with Crippen LogP contribution in [0, 0.1) is 11.8 Å². The number of amides is 2. The molecule has 0 aromatic carbocycles. The Hall–Kier alpha value is -2.82. The van der Waals surface area contributed by atoms with Crippen molar-refractivity contribution in [2.75, 3.05) is 13.2 Å². The summed E-state index contributed by atoms with van der Waals surface area (Å²) in [5.41, 5.74) is -0.917. The van der Waals surface area contributed by atoms with Gasteiger partial charge in [0.25, 0.3) is 11.8 Å². The minimum atomic E-state index is -4.73. The number of aliphatic carboxylic acids is 1. The third-order valence-corrected chi connectivity index (χ3v) is 3.69. The molecule has 1 heterocycles. The summed E-state index contributed by atoms with van der Waals surface area (Å²) < 4.78 is 37.4. The molecule has 0 bridgehead atoms. The lowest BCUT2D eigenvalue weighted by molar-refractivity contribution is -0.238. The molecule has 0 saturated carbocycles. The van der Waals surface area contributed by atoms with Crippen molar-refractivity contribution >= 4 is 17.8 Å². The van der Waals surface area contributed by atoms with E-state index in [0.29, 0.717) is 5.06 Å². The minimum absolute atomic E-state index is 0.0541. The van der Waals surface area contributed by atoms with E-state index in [1.54, 1.807) is 13.0 Å². The number of carboxylic acids is 1. The monoisotopic (exact) mass is 376 g/mol. The summed E-state index contributed by atoms with van der Waals surface area (Å²) in [6.07, 6.45) is -0.339. The molecule has 0 spiro atoms. The van der Waals surface area contributed by atoms with Gasteiger partial charge in [-0.1, -0.05) is 19.1 Å². The summed E-state index contributed by atoms with van der Waals surface area (Å²) in [6.45, 7) is -1.00. The van der Waals surface area contributed by atoms with Gasteiger partial charge in [-0.25, -0.2) is 0 Å². The average molecular weight is 376 g/mol. The third kappa shape index (κ3) is 4.04. The van der Waals surface area contributed by atoms with Crippen LogP contribution >= 0.6 is 0 Å². The van der Waals surface area contributed by atoms with E-state index in [1.807, 2.05) is 5.32 Å². The van der Waals surface area contributed by atoms with E-state index < -0.39 is 60.3 Å². The highest BCUT2D eigenvalue weighted by atomic mass is 19.4. The number of nitrogens with zero attached hydrogens (tertiary/aromatic N) is 1. The highest BCUT2D eigenvalue weighted by Gasteiger charge is 2.45. The summed E-state index contributed by atoms with van der Waals surface area (Å²) in [4.78, 5) is 39.6. The van der Waals surface area contributed by atoms with Crippen molar-refractivity contribution in [2.24, 2.45) is 11.8 Å². The van der Waals surface area contributed by atoms with Crippen LogP contribution in [0.3, 0.4) is 0 Å². The van der Waals surface area contributed by atoms with Crippen LogP contribution in [0.4, 0.5) is 13.2 Å². The molecule has 0 saturated heterocycles. The number of nitrogens with one attached hydrogen (secondary N) is 1. The molecular formula is C15H15F3N2O6. The minimum Gasteiger partial charge on any atom is -0.511 e. The second kappa shape index (κ2) is 7.20. The molecule has 0 fully saturated rings. The van der Waals surface area contributed by atoms with Crippen LogP contribution in [0.15, 0.2) is 35.3 Å². The predicted octanol–water partition coefficient (Wildman–Crippen LogP) is 1.04. The van der Waals surface area contributed by atoms with Crippen molar-refractivity contribution in [1.29, 1.82) is 0 Å². The van der Waals surface area contributed by atoms with Gasteiger partial charge < -0.3 is 15.5 Å². The number of halogens is 3. The van der Waals surface area contributed by atoms with Gasteiger partial charge in [0.05, 0.1) is 11.6 Å². The standard InChI is InChI=1S/C15H15F3N2O6/c1-7-3-2-4-8-10(7)12(23)11(13(24)19-5-9(21)22)14(25)20(8)26-6-15(16,17)18/h2-4,7,10,23H,5-6H2,1H3,(H,19,24)(H,21,22). The smallest absolute Gasteiger partial charge is 0.414 e. The average Bonchev–Trinajstić information content (AvgIpc) is 2.51. The van der Waals surface area contributed by atoms with Crippen molar-refractivity contribution in [2.45, 2.75) is 13.1 Å². The number of alkyl halides is 3. The van der Waals surface area contributed by atoms with Gasteiger partial charge in [-0.15, -0.1) is 0 Å². The molecule has 0 radical (unpaired) electrons. The van der Waals surface area contributed by atoms with E-state index in [9.17, 15) is 32.7 Å². The summed E-state index contributed by atoms with van der Waals surface area (Å²) in [6, 6.07) is 0. The molecule has 0 aromatic rings. The largest absolute Gasteiger partial charge is 0.511 e. The number of hydrogen-bond acceptors (Lipinski definition) is 5. The number of carbonyl (C=O) groups is 3. The predicted molar refractivity (Wildman–Crippen MR) is 79.0 cm³/mol. The number of aliphatic hydroxyl groups is 1. The maximum Gasteiger partial charge on any atom is 0.414 e. The number of carbonyl (C=O) groups excluding carboxylic acids is 2. The van der Waals surface area contributed by atoms with Gasteiger partial charge in [-0.2, -0.15) is 18.2 Å². The van der Waals surface area contributed by atoms with Gasteiger partial charge in [-0.3, -0.25) is 19.2 Å². The summed E-state index contributed by atoms with van der Waals surface area (Å²) in [7, 11) is 0. The van der Waals surface area contributed by atoms with Crippen molar-refractivity contribution in [3.05, 3.63) is 35.3 Å². The lowest BCUT2D eigenvalue weighted by Crippen LogP contribution is -2.47. The highest BCUT2D eigenvalue weighted by Crippen LogP contribution is 2.39. The van der Waals surface area contributed by atoms with Crippen LogP contribution in [0.1, 0.15) is 6.92 Å². The number of carboxylic acid groups (broad SMARTS) is 1. The van der Waals surface area contributed by atoms with Gasteiger partial charge in [0.15, 0.2) is 6.61 Å². The first-order valence-electron chi connectivity index (χ1n) is 7.38. The first kappa shape index (κ1) is 19.5. The van der Waals surface area contributed by atoms with Crippen molar-refractivity contribution in [3.8, 4) is 0 Å². The van der Waals surface area contributed by atoms with Crippen LogP contribution < -0.4 is 5.32 Å². The molecular weight excluding hydrogens is 361 g/mol. The Balaban J connectivity index is 2.41. The molecule has 8 nitrogen and oxygen atoms in total. The van der Waals surface area contributed by atoms with Crippen LogP contribution in [0.5, 0.6) is 0 Å². The number of aliphatic hydroxyl groups excluding tert-OH is 1. The van der Waals surface area contributed by atoms with Crippen molar-refractivity contribution in [3.63, 3.8) is 0 Å². The molecule has 3 N–H and O–H groups in total. The number of allylic oxidation sites excluding steroid dienone is 3. The molecule has 1 aliphatic heterocycles. The van der Waals surface area contributed by atoms with E-state index >= 15 is 0 Å². The van der Waals surface area contributed by atoms with E-state index in [1.165, 1.54) is 12.2 Å². The summed E-state index contributed by atoms with van der Waals surface area (Å²) in [5.74, 6) is -6.05. The van der Waals surface area contributed by atoms with Gasteiger partial charge in [0, 0.05) is 0 Å². The normalized spacial score (nSPS) is 22.8. The van der Waals surface area contributed by atoms with Gasteiger partial charge in [-0.05, 0) is 12.0 Å². The Bertz CT molecular complexity index is 725. The zero-order valence-corrected chi connectivity index (χ0v) is 13.4. The van der Waals surface area contributed by atoms with E-state index in [2.05, 4.69) is 4.84 Å². The van der Waals surface area contributed by atoms with Crippen molar-refractivity contribution < 1.29 is 42.6 Å². The zero-order valence-electron chi connectivity index (χ0n) is 13.4. The number of rotatable bonds is 5. The molecule has 142 valence electrons. The van der Waals surface area contributed by atoms with Crippen LogP contribution in [-0.4, -0.2) is 52.4 Å². The molecule has 2 unspecified atom stereocenters. The Labute approximate surface area is 145 Å². The maximum absolute atomic E-state index is 12.5. The molecule has 1 aliphatic carbocycles. The molecule has 2 rings (SSSR count). The highest BCUT2D eigenvalue weighted by molar-refractivity contribution is 6.20. The number of hydrogen-bond donors (Lipinski definition) is 3. The Morgan fingerprint density at radius 1 is 1.38 bits per heavy atom. The first-order valence-corrected chi connectivity index (χ1v) is 7.38. The summed E-state index contributed by atoms with van der Waals surface area (Å²) >= 11 is 0. The fourth-order valence-electron chi connectivity index (χ4n) is 2.61. The Morgan fingerprint density at radius 2 is 2.04 bits per heavy atom. The molecule has 2 amide bonds. The molecule has 2 aliphatic rings. The molecule has 2 atom stereocenters. The Morgan fingerprint density at radius 3 is 2.62 bits per heavy atom. The van der Waals surface area contributed by atoms with Crippen molar-refractivity contribution in [1.82, 2.24) is 10.4 Å². The zero-order chi connectivity index (χ0) is 19.6. The SMILES string of the molecule is CC1C=CC=C2C1C(O)=C(C(=O)NCC(=O)O)C(=O)N2OCC(F)(F)F. The topological polar surface area (TPSA) is 116 Å². The van der Waals surface area contributed by atoms with Crippen LogP contribution in [-0.2, 0) is 19.2 Å². The van der Waals surface area contributed by atoms with Gasteiger partial charge >= 0.3 is 12.1 Å². The third-order valence-electron chi connectivity index (χ3n) is 3.69. The van der Waals surface area contributed by atoms with Crippen LogP contribution in [0.25, 0.3) is 0 Å². The second-order valence-corrected chi connectivity index (χ2v) is 5.64. The quantitative estimate of drug-likeness (QED) is 0.618. The fourth-order valence-corrected chi connectivity index (χ4v) is 2.61. The number of hydroxylamine groups is 2. The van der Waals surface area contributed by atoms with E-state index in [0.717, 1.165) is 0 Å². The molecule has 26 heavy (non-hydrogen) atoms.